The number of hydrogen-bond acceptors (Lipinski definition) is 6. The van der Waals surface area contributed by atoms with Crippen molar-refractivity contribution in [2.75, 3.05) is 19.0 Å². The number of fused-ring (bicyclic) bond motifs is 1. The molecule has 0 aromatic heterocycles. The minimum Gasteiger partial charge on any atom is -0.497 e. The lowest BCUT2D eigenvalue weighted by molar-refractivity contribution is -0.119. The van der Waals surface area contributed by atoms with Crippen molar-refractivity contribution in [3.63, 3.8) is 0 Å². The number of carbonyl (C=O) groups is 2. The lowest BCUT2D eigenvalue weighted by atomic mass is 9.94. The molecule has 1 saturated carbocycles. The number of ether oxygens (including phenoxy) is 4. The van der Waals surface area contributed by atoms with Crippen LogP contribution in [0.2, 0.25) is 0 Å². The molecule has 1 amide bonds. The molecule has 1 fully saturated rings. The van der Waals surface area contributed by atoms with E-state index >= 15 is 0 Å². The van der Waals surface area contributed by atoms with E-state index in [1.165, 1.54) is 13.5 Å². The van der Waals surface area contributed by atoms with Crippen LogP contribution >= 0.6 is 0 Å². The van der Waals surface area contributed by atoms with E-state index in [4.69, 9.17) is 18.9 Å². The molecule has 4 rings (SSSR count). The lowest BCUT2D eigenvalue weighted by Gasteiger charge is -2.31. The third-order valence-corrected chi connectivity index (χ3v) is 5.07. The quantitative estimate of drug-likeness (QED) is 0.770. The Morgan fingerprint density at radius 1 is 1.03 bits per heavy atom. The summed E-state index contributed by atoms with van der Waals surface area (Å²) in [6.07, 6.45) is 5.08. The van der Waals surface area contributed by atoms with Gasteiger partial charge in [-0.05, 0) is 43.2 Å². The van der Waals surface area contributed by atoms with E-state index in [-0.39, 0.29) is 0 Å². The molecule has 152 valence electrons. The van der Waals surface area contributed by atoms with Crippen molar-refractivity contribution in [1.82, 2.24) is 0 Å². The highest BCUT2D eigenvalue weighted by atomic mass is 16.7. The summed E-state index contributed by atoms with van der Waals surface area (Å²) in [5, 5.41) is 2.72. The normalized spacial score (nSPS) is 16.3. The number of anilines is 1. The molecule has 0 unspecified atom stereocenters. The standard InChI is InChI=1S/C22H23NO6/c1-26-17-7-5-6-15(12-17)21(25)27-14-20(24)23-16-8-9-18-19(13-16)29-22(28-18)10-3-2-4-11-22/h5-9,12-13H,2-4,10-11,14H2,1H3,(H,23,24). The van der Waals surface area contributed by atoms with Gasteiger partial charge in [0.1, 0.15) is 5.75 Å². The van der Waals surface area contributed by atoms with Crippen LogP contribution in [0.25, 0.3) is 0 Å². The maximum absolute atomic E-state index is 12.2. The molecule has 2 aromatic carbocycles. The van der Waals surface area contributed by atoms with Crippen LogP contribution in [0.4, 0.5) is 5.69 Å². The van der Waals surface area contributed by atoms with Crippen LogP contribution in [-0.2, 0) is 9.53 Å². The summed E-state index contributed by atoms with van der Waals surface area (Å²) in [5.74, 6) is 0.263. The molecule has 0 atom stereocenters. The summed E-state index contributed by atoms with van der Waals surface area (Å²) < 4.78 is 22.3. The molecular weight excluding hydrogens is 374 g/mol. The molecule has 29 heavy (non-hydrogen) atoms. The van der Waals surface area contributed by atoms with Crippen LogP contribution in [0.3, 0.4) is 0 Å². The van der Waals surface area contributed by atoms with Crippen molar-refractivity contribution in [1.29, 1.82) is 0 Å². The monoisotopic (exact) mass is 397 g/mol. The van der Waals surface area contributed by atoms with E-state index in [1.807, 2.05) is 0 Å². The average Bonchev–Trinajstić information content (AvgIpc) is 3.09. The number of rotatable bonds is 5. The number of esters is 1. The third-order valence-electron chi connectivity index (χ3n) is 5.07. The van der Waals surface area contributed by atoms with Crippen molar-refractivity contribution >= 4 is 17.6 Å². The summed E-state index contributed by atoms with van der Waals surface area (Å²) >= 11 is 0. The van der Waals surface area contributed by atoms with Crippen LogP contribution in [0.5, 0.6) is 17.2 Å². The van der Waals surface area contributed by atoms with Gasteiger partial charge < -0.3 is 24.3 Å². The molecule has 0 bridgehead atoms. The molecule has 7 nitrogen and oxygen atoms in total. The van der Waals surface area contributed by atoms with Crippen LogP contribution in [0.15, 0.2) is 42.5 Å². The van der Waals surface area contributed by atoms with Gasteiger partial charge in [-0.2, -0.15) is 0 Å². The van der Waals surface area contributed by atoms with Gasteiger partial charge in [0.15, 0.2) is 18.1 Å². The zero-order valence-electron chi connectivity index (χ0n) is 16.2. The summed E-state index contributed by atoms with van der Waals surface area (Å²) in [6.45, 7) is -0.394. The molecule has 0 radical (unpaired) electrons. The summed E-state index contributed by atoms with van der Waals surface area (Å²) in [4.78, 5) is 24.3. The average molecular weight is 397 g/mol. The van der Waals surface area contributed by atoms with E-state index in [2.05, 4.69) is 5.32 Å². The summed E-state index contributed by atoms with van der Waals surface area (Å²) in [5.41, 5.74) is 0.876. The van der Waals surface area contributed by atoms with Crippen molar-refractivity contribution < 1.29 is 28.5 Å². The Hall–Kier alpha value is -3.22. The first kappa shape index (κ1) is 19.1. The summed E-state index contributed by atoms with van der Waals surface area (Å²) in [6, 6.07) is 11.8. The van der Waals surface area contributed by atoms with Gasteiger partial charge in [-0.25, -0.2) is 4.79 Å². The van der Waals surface area contributed by atoms with Crippen LogP contribution in [0, 0.1) is 0 Å². The number of amides is 1. The first-order chi connectivity index (χ1) is 14.1. The largest absolute Gasteiger partial charge is 0.497 e. The fourth-order valence-electron chi connectivity index (χ4n) is 3.63. The zero-order chi connectivity index (χ0) is 20.3. The van der Waals surface area contributed by atoms with Crippen LogP contribution in [0.1, 0.15) is 42.5 Å². The van der Waals surface area contributed by atoms with Gasteiger partial charge in [-0.15, -0.1) is 0 Å². The topological polar surface area (TPSA) is 83.1 Å². The molecule has 1 aliphatic heterocycles. The van der Waals surface area contributed by atoms with Crippen molar-refractivity contribution in [3.8, 4) is 17.2 Å². The lowest BCUT2D eigenvalue weighted by Crippen LogP contribution is -2.40. The Balaban J connectivity index is 1.33. The molecular formula is C22H23NO6. The molecule has 2 aromatic rings. The number of hydrogen-bond donors (Lipinski definition) is 1. The fourth-order valence-corrected chi connectivity index (χ4v) is 3.63. The molecule has 1 N–H and O–H groups in total. The first-order valence-electron chi connectivity index (χ1n) is 9.70. The maximum atomic E-state index is 12.2. The summed E-state index contributed by atoms with van der Waals surface area (Å²) in [7, 11) is 1.51. The smallest absolute Gasteiger partial charge is 0.338 e. The number of benzene rings is 2. The van der Waals surface area contributed by atoms with Gasteiger partial charge in [0.2, 0.25) is 0 Å². The Bertz CT molecular complexity index is 919. The Morgan fingerprint density at radius 3 is 2.62 bits per heavy atom. The predicted molar refractivity (Wildman–Crippen MR) is 105 cm³/mol. The van der Waals surface area contributed by atoms with Crippen molar-refractivity contribution in [2.45, 2.75) is 37.9 Å². The first-order valence-corrected chi connectivity index (χ1v) is 9.70. The van der Waals surface area contributed by atoms with Crippen LogP contribution < -0.4 is 19.5 Å². The van der Waals surface area contributed by atoms with E-state index in [0.29, 0.717) is 28.5 Å². The number of carbonyl (C=O) groups excluding carboxylic acids is 2. The van der Waals surface area contributed by atoms with Crippen LogP contribution in [-0.4, -0.2) is 31.4 Å². The van der Waals surface area contributed by atoms with Crippen molar-refractivity contribution in [2.24, 2.45) is 0 Å². The molecule has 0 saturated heterocycles. The maximum Gasteiger partial charge on any atom is 0.338 e. The van der Waals surface area contributed by atoms with Gasteiger partial charge in [-0.3, -0.25) is 4.79 Å². The highest BCUT2D eigenvalue weighted by molar-refractivity contribution is 5.95. The van der Waals surface area contributed by atoms with Gasteiger partial charge in [0.05, 0.1) is 12.7 Å². The van der Waals surface area contributed by atoms with E-state index in [1.54, 1.807) is 42.5 Å². The van der Waals surface area contributed by atoms with Gasteiger partial charge in [0.25, 0.3) is 11.7 Å². The Labute approximate surface area is 168 Å². The third kappa shape index (κ3) is 4.29. The Kier molecular flexibility index (Phi) is 5.29. The van der Waals surface area contributed by atoms with Gasteiger partial charge >= 0.3 is 5.97 Å². The number of nitrogens with one attached hydrogen (secondary N) is 1. The molecule has 1 spiro atoms. The molecule has 7 heteroatoms. The van der Waals surface area contributed by atoms with E-state index in [0.717, 1.165) is 25.7 Å². The highest BCUT2D eigenvalue weighted by Gasteiger charge is 2.42. The Morgan fingerprint density at radius 2 is 1.83 bits per heavy atom. The predicted octanol–water partition coefficient (Wildman–Crippen LogP) is 3.92. The van der Waals surface area contributed by atoms with Gasteiger partial charge in [-0.1, -0.05) is 12.5 Å². The SMILES string of the molecule is COc1cccc(C(=O)OCC(=O)Nc2ccc3c(c2)OC2(CCCCC2)O3)c1. The zero-order valence-corrected chi connectivity index (χ0v) is 16.2. The molecule has 1 aliphatic carbocycles. The minimum atomic E-state index is -0.594. The fraction of sp³-hybridized carbons (Fsp3) is 0.364. The van der Waals surface area contributed by atoms with E-state index < -0.39 is 24.3 Å². The minimum absolute atomic E-state index is 0.318. The second-order valence-corrected chi connectivity index (χ2v) is 7.19. The number of methoxy groups -OCH3 is 1. The molecule has 2 aliphatic rings. The van der Waals surface area contributed by atoms with Crippen molar-refractivity contribution in [3.05, 3.63) is 48.0 Å². The second kappa shape index (κ2) is 8.03. The van der Waals surface area contributed by atoms with Gasteiger partial charge in [0, 0.05) is 24.6 Å². The molecule has 1 heterocycles. The van der Waals surface area contributed by atoms with E-state index in [9.17, 15) is 9.59 Å². The second-order valence-electron chi connectivity index (χ2n) is 7.19. The highest BCUT2D eigenvalue weighted by Crippen LogP contribution is 2.46.